The van der Waals surface area contributed by atoms with Crippen LogP contribution in [0.15, 0.2) is 12.4 Å². The second-order valence-corrected chi connectivity index (χ2v) is 4.60. The van der Waals surface area contributed by atoms with Crippen molar-refractivity contribution in [3.05, 3.63) is 12.4 Å². The molecule has 1 heterocycles. The molecule has 0 unspecified atom stereocenters. The van der Waals surface area contributed by atoms with Gasteiger partial charge in [-0.15, -0.1) is 0 Å². The van der Waals surface area contributed by atoms with Crippen molar-refractivity contribution in [2.45, 2.75) is 44.9 Å². The fourth-order valence-electron chi connectivity index (χ4n) is 2.36. The first-order chi connectivity index (χ1) is 7.84. The topological polar surface area (TPSA) is 57.8 Å². The molecule has 0 radical (unpaired) electrons. The molecule has 2 rings (SSSR count). The standard InChI is InChI=1S/C12H19N3O/c16-12(15-11-8-13-14-9-11)7-10-5-3-1-2-4-6-10/h8-10H,1-7H2,(H,13,14)(H,15,16). The van der Waals surface area contributed by atoms with Gasteiger partial charge in [0.15, 0.2) is 0 Å². The number of carbonyl (C=O) groups is 1. The Kier molecular flexibility index (Phi) is 3.97. The average Bonchev–Trinajstić information content (AvgIpc) is 2.62. The summed E-state index contributed by atoms with van der Waals surface area (Å²) in [7, 11) is 0. The molecule has 0 aromatic carbocycles. The zero-order chi connectivity index (χ0) is 11.2. The number of aromatic amines is 1. The van der Waals surface area contributed by atoms with E-state index >= 15 is 0 Å². The predicted octanol–water partition coefficient (Wildman–Crippen LogP) is 2.71. The van der Waals surface area contributed by atoms with Gasteiger partial charge in [-0.3, -0.25) is 9.89 Å². The molecule has 4 nitrogen and oxygen atoms in total. The zero-order valence-corrected chi connectivity index (χ0v) is 9.54. The van der Waals surface area contributed by atoms with Crippen LogP contribution < -0.4 is 5.32 Å². The Balaban J connectivity index is 1.77. The third kappa shape index (κ3) is 3.36. The predicted molar refractivity (Wildman–Crippen MR) is 63.0 cm³/mol. The van der Waals surface area contributed by atoms with Gasteiger partial charge in [0.25, 0.3) is 0 Å². The minimum atomic E-state index is 0.119. The number of amides is 1. The van der Waals surface area contributed by atoms with Crippen LogP contribution in [-0.4, -0.2) is 16.1 Å². The number of aromatic nitrogens is 2. The second-order valence-electron chi connectivity index (χ2n) is 4.60. The number of H-pyrrole nitrogens is 1. The monoisotopic (exact) mass is 221 g/mol. The van der Waals surface area contributed by atoms with Gasteiger partial charge in [0, 0.05) is 12.6 Å². The number of carbonyl (C=O) groups excluding carboxylic acids is 1. The highest BCUT2D eigenvalue weighted by Crippen LogP contribution is 2.25. The molecule has 1 aliphatic carbocycles. The molecule has 2 N–H and O–H groups in total. The summed E-state index contributed by atoms with van der Waals surface area (Å²) in [5.41, 5.74) is 0.763. The highest BCUT2D eigenvalue weighted by atomic mass is 16.1. The molecule has 0 bridgehead atoms. The summed E-state index contributed by atoms with van der Waals surface area (Å²) in [6, 6.07) is 0. The van der Waals surface area contributed by atoms with E-state index in [1.54, 1.807) is 12.4 Å². The lowest BCUT2D eigenvalue weighted by Gasteiger charge is -2.12. The van der Waals surface area contributed by atoms with Crippen molar-refractivity contribution in [1.29, 1.82) is 0 Å². The maximum Gasteiger partial charge on any atom is 0.224 e. The van der Waals surface area contributed by atoms with Gasteiger partial charge in [-0.25, -0.2) is 0 Å². The molecule has 1 aliphatic rings. The molecule has 0 spiro atoms. The average molecular weight is 221 g/mol. The maximum absolute atomic E-state index is 11.7. The normalized spacial score (nSPS) is 18.0. The van der Waals surface area contributed by atoms with E-state index in [4.69, 9.17) is 0 Å². The summed E-state index contributed by atoms with van der Waals surface area (Å²) < 4.78 is 0. The van der Waals surface area contributed by atoms with Crippen LogP contribution in [0.2, 0.25) is 0 Å². The number of anilines is 1. The fourth-order valence-corrected chi connectivity index (χ4v) is 2.36. The fraction of sp³-hybridized carbons (Fsp3) is 0.667. The lowest BCUT2D eigenvalue weighted by atomic mass is 9.96. The van der Waals surface area contributed by atoms with Gasteiger partial charge in [0.05, 0.1) is 11.9 Å². The molecule has 0 saturated heterocycles. The third-order valence-electron chi connectivity index (χ3n) is 3.23. The van der Waals surface area contributed by atoms with Crippen LogP contribution in [0.1, 0.15) is 44.9 Å². The minimum absolute atomic E-state index is 0.119. The van der Waals surface area contributed by atoms with Gasteiger partial charge < -0.3 is 5.32 Å². The van der Waals surface area contributed by atoms with Gasteiger partial charge in [-0.2, -0.15) is 5.10 Å². The molecular formula is C12H19N3O. The van der Waals surface area contributed by atoms with E-state index < -0.39 is 0 Å². The highest BCUT2D eigenvalue weighted by molar-refractivity contribution is 5.90. The van der Waals surface area contributed by atoms with Crippen molar-refractivity contribution in [2.24, 2.45) is 5.92 Å². The first-order valence-corrected chi connectivity index (χ1v) is 6.13. The molecule has 1 amide bonds. The molecule has 0 aliphatic heterocycles. The molecule has 88 valence electrons. The Morgan fingerprint density at radius 2 is 2.12 bits per heavy atom. The van der Waals surface area contributed by atoms with Crippen LogP contribution in [-0.2, 0) is 4.79 Å². The van der Waals surface area contributed by atoms with Gasteiger partial charge in [-0.05, 0) is 18.8 Å². The Bertz CT molecular complexity index is 313. The van der Waals surface area contributed by atoms with E-state index in [1.165, 1.54) is 38.5 Å². The zero-order valence-electron chi connectivity index (χ0n) is 9.54. The molecule has 1 aromatic rings. The summed E-state index contributed by atoms with van der Waals surface area (Å²) >= 11 is 0. The Morgan fingerprint density at radius 1 is 1.38 bits per heavy atom. The molecular weight excluding hydrogens is 202 g/mol. The van der Waals surface area contributed by atoms with Gasteiger partial charge in [0.2, 0.25) is 5.91 Å². The summed E-state index contributed by atoms with van der Waals surface area (Å²) in [4.78, 5) is 11.7. The molecule has 4 heteroatoms. The quantitative estimate of drug-likeness (QED) is 0.771. The number of hydrogen-bond donors (Lipinski definition) is 2. The summed E-state index contributed by atoms with van der Waals surface area (Å²) in [5, 5.41) is 9.34. The van der Waals surface area contributed by atoms with Crippen molar-refractivity contribution < 1.29 is 4.79 Å². The van der Waals surface area contributed by atoms with E-state index in [-0.39, 0.29) is 5.91 Å². The van der Waals surface area contributed by atoms with Crippen molar-refractivity contribution in [3.8, 4) is 0 Å². The third-order valence-corrected chi connectivity index (χ3v) is 3.23. The number of hydrogen-bond acceptors (Lipinski definition) is 2. The van der Waals surface area contributed by atoms with Crippen LogP contribution in [0.5, 0.6) is 0 Å². The molecule has 1 aromatic heterocycles. The van der Waals surface area contributed by atoms with Crippen LogP contribution in [0.4, 0.5) is 5.69 Å². The summed E-state index contributed by atoms with van der Waals surface area (Å²) in [5.74, 6) is 0.697. The number of nitrogens with zero attached hydrogens (tertiary/aromatic N) is 1. The van der Waals surface area contributed by atoms with E-state index in [0.717, 1.165) is 5.69 Å². The smallest absolute Gasteiger partial charge is 0.224 e. The van der Waals surface area contributed by atoms with Crippen LogP contribution >= 0.6 is 0 Å². The van der Waals surface area contributed by atoms with Crippen molar-refractivity contribution in [1.82, 2.24) is 10.2 Å². The van der Waals surface area contributed by atoms with Gasteiger partial charge in [-0.1, -0.05) is 25.7 Å². The van der Waals surface area contributed by atoms with Crippen LogP contribution in [0.25, 0.3) is 0 Å². The van der Waals surface area contributed by atoms with Gasteiger partial charge >= 0.3 is 0 Å². The maximum atomic E-state index is 11.7. The number of rotatable bonds is 3. The largest absolute Gasteiger partial charge is 0.323 e. The summed E-state index contributed by atoms with van der Waals surface area (Å²) in [6.07, 6.45) is 11.6. The van der Waals surface area contributed by atoms with E-state index in [2.05, 4.69) is 15.5 Å². The van der Waals surface area contributed by atoms with Crippen LogP contribution in [0, 0.1) is 5.92 Å². The van der Waals surface area contributed by atoms with E-state index in [0.29, 0.717) is 12.3 Å². The first-order valence-electron chi connectivity index (χ1n) is 6.13. The SMILES string of the molecule is O=C(CC1CCCCCC1)Nc1cn[nH]c1. The molecule has 16 heavy (non-hydrogen) atoms. The Labute approximate surface area is 95.8 Å². The molecule has 1 saturated carbocycles. The van der Waals surface area contributed by atoms with E-state index in [9.17, 15) is 4.79 Å². The van der Waals surface area contributed by atoms with Crippen molar-refractivity contribution in [2.75, 3.05) is 5.32 Å². The lowest BCUT2D eigenvalue weighted by molar-refractivity contribution is -0.117. The minimum Gasteiger partial charge on any atom is -0.323 e. The first kappa shape index (κ1) is 11.2. The molecule has 1 fully saturated rings. The number of nitrogens with one attached hydrogen (secondary N) is 2. The Hall–Kier alpha value is -1.32. The molecule has 0 atom stereocenters. The highest BCUT2D eigenvalue weighted by Gasteiger charge is 2.16. The lowest BCUT2D eigenvalue weighted by Crippen LogP contribution is -2.16. The Morgan fingerprint density at radius 3 is 2.75 bits per heavy atom. The second kappa shape index (κ2) is 5.68. The van der Waals surface area contributed by atoms with Gasteiger partial charge in [0.1, 0.15) is 0 Å². The summed E-state index contributed by atoms with van der Waals surface area (Å²) in [6.45, 7) is 0. The van der Waals surface area contributed by atoms with Crippen molar-refractivity contribution in [3.63, 3.8) is 0 Å². The van der Waals surface area contributed by atoms with Crippen molar-refractivity contribution >= 4 is 11.6 Å². The van der Waals surface area contributed by atoms with Crippen LogP contribution in [0.3, 0.4) is 0 Å². The van der Waals surface area contributed by atoms with E-state index in [1.807, 2.05) is 0 Å².